The van der Waals surface area contributed by atoms with Gasteiger partial charge in [-0.2, -0.15) is 0 Å². The van der Waals surface area contributed by atoms with Crippen LogP contribution in [0, 0.1) is 5.92 Å². The molecule has 1 aromatic heterocycles. The molecule has 1 fully saturated rings. The van der Waals surface area contributed by atoms with E-state index in [1.807, 2.05) is 5.51 Å². The van der Waals surface area contributed by atoms with Crippen LogP contribution >= 0.6 is 11.3 Å². The Morgan fingerprint density at radius 1 is 1.53 bits per heavy atom. The van der Waals surface area contributed by atoms with Gasteiger partial charge in [0.25, 0.3) is 0 Å². The molecule has 0 radical (unpaired) electrons. The van der Waals surface area contributed by atoms with E-state index in [2.05, 4.69) is 22.6 Å². The van der Waals surface area contributed by atoms with E-state index in [9.17, 15) is 0 Å². The summed E-state index contributed by atoms with van der Waals surface area (Å²) in [6, 6.07) is 0.772. The highest BCUT2D eigenvalue weighted by Crippen LogP contribution is 2.27. The van der Waals surface area contributed by atoms with Crippen molar-refractivity contribution in [2.24, 2.45) is 5.92 Å². The van der Waals surface area contributed by atoms with E-state index in [-0.39, 0.29) is 0 Å². The maximum Gasteiger partial charge on any atom is 0.0794 e. The lowest BCUT2D eigenvalue weighted by Gasteiger charge is -2.19. The zero-order valence-electron chi connectivity index (χ0n) is 9.41. The topological polar surface area (TPSA) is 24.9 Å². The molecule has 1 heterocycles. The molecule has 0 aliphatic heterocycles. The summed E-state index contributed by atoms with van der Waals surface area (Å²) >= 11 is 1.69. The van der Waals surface area contributed by atoms with E-state index in [1.54, 1.807) is 11.3 Å². The first-order valence-electron chi connectivity index (χ1n) is 6.00. The molecule has 84 valence electrons. The molecule has 0 bridgehead atoms. The Balaban J connectivity index is 1.69. The molecule has 1 N–H and O–H groups in total. The Morgan fingerprint density at radius 3 is 3.20 bits per heavy atom. The van der Waals surface area contributed by atoms with E-state index in [0.717, 1.165) is 24.9 Å². The summed E-state index contributed by atoms with van der Waals surface area (Å²) in [5.74, 6) is 0.917. The molecule has 0 aromatic carbocycles. The van der Waals surface area contributed by atoms with E-state index < -0.39 is 0 Å². The Kier molecular flexibility index (Phi) is 4.15. The van der Waals surface area contributed by atoms with E-state index in [1.165, 1.54) is 31.4 Å². The van der Waals surface area contributed by atoms with E-state index in [0.29, 0.717) is 0 Å². The van der Waals surface area contributed by atoms with Crippen molar-refractivity contribution < 1.29 is 0 Å². The van der Waals surface area contributed by atoms with Crippen LogP contribution in [0.3, 0.4) is 0 Å². The monoisotopic (exact) mass is 224 g/mol. The quantitative estimate of drug-likeness (QED) is 0.832. The SMILES string of the molecule is CCC1CCCC1NCCc1cscn1. The Bertz CT molecular complexity index is 271. The molecule has 3 heteroatoms. The summed E-state index contributed by atoms with van der Waals surface area (Å²) in [5, 5.41) is 5.83. The molecule has 2 atom stereocenters. The lowest BCUT2D eigenvalue weighted by atomic mass is 10.0. The van der Waals surface area contributed by atoms with Gasteiger partial charge in [-0.25, -0.2) is 4.98 Å². The van der Waals surface area contributed by atoms with Crippen LogP contribution in [-0.4, -0.2) is 17.6 Å². The van der Waals surface area contributed by atoms with Crippen LogP contribution in [0.1, 0.15) is 38.3 Å². The van der Waals surface area contributed by atoms with Gasteiger partial charge in [-0.05, 0) is 18.8 Å². The molecular formula is C12H20N2S. The molecule has 0 amide bonds. The third-order valence-electron chi connectivity index (χ3n) is 3.45. The van der Waals surface area contributed by atoms with Gasteiger partial charge in [0.1, 0.15) is 0 Å². The van der Waals surface area contributed by atoms with Gasteiger partial charge in [0.15, 0.2) is 0 Å². The van der Waals surface area contributed by atoms with Gasteiger partial charge in [-0.15, -0.1) is 11.3 Å². The van der Waals surface area contributed by atoms with Crippen LogP contribution in [0.5, 0.6) is 0 Å². The highest BCUT2D eigenvalue weighted by molar-refractivity contribution is 7.07. The van der Waals surface area contributed by atoms with Crippen LogP contribution in [0.15, 0.2) is 10.9 Å². The predicted octanol–water partition coefficient (Wildman–Crippen LogP) is 2.85. The highest BCUT2D eigenvalue weighted by Gasteiger charge is 2.24. The lowest BCUT2D eigenvalue weighted by Crippen LogP contribution is -2.33. The second kappa shape index (κ2) is 5.61. The van der Waals surface area contributed by atoms with Crippen LogP contribution in [0.25, 0.3) is 0 Å². The molecule has 1 saturated carbocycles. The summed E-state index contributed by atoms with van der Waals surface area (Å²) in [4.78, 5) is 4.30. The summed E-state index contributed by atoms with van der Waals surface area (Å²) in [7, 11) is 0. The molecule has 1 aliphatic carbocycles. The smallest absolute Gasteiger partial charge is 0.0794 e. The number of thiazole rings is 1. The standard InChI is InChI=1S/C12H20N2S/c1-2-10-4-3-5-12(10)13-7-6-11-8-15-9-14-11/h8-10,12-13H,2-7H2,1H3. The minimum Gasteiger partial charge on any atom is -0.313 e. The summed E-state index contributed by atoms with van der Waals surface area (Å²) in [5.41, 5.74) is 3.15. The van der Waals surface area contributed by atoms with Gasteiger partial charge in [-0.3, -0.25) is 0 Å². The zero-order chi connectivity index (χ0) is 10.5. The minimum absolute atomic E-state index is 0.772. The normalized spacial score (nSPS) is 25.9. The molecule has 2 nitrogen and oxygen atoms in total. The van der Waals surface area contributed by atoms with Crippen molar-refractivity contribution in [3.8, 4) is 0 Å². The van der Waals surface area contributed by atoms with Crippen molar-refractivity contribution >= 4 is 11.3 Å². The van der Waals surface area contributed by atoms with E-state index in [4.69, 9.17) is 0 Å². The number of nitrogens with zero attached hydrogens (tertiary/aromatic N) is 1. The Labute approximate surface area is 96.1 Å². The van der Waals surface area contributed by atoms with Gasteiger partial charge >= 0.3 is 0 Å². The van der Waals surface area contributed by atoms with Crippen molar-refractivity contribution in [2.75, 3.05) is 6.54 Å². The fourth-order valence-corrected chi connectivity index (χ4v) is 3.13. The average molecular weight is 224 g/mol. The average Bonchev–Trinajstić information content (AvgIpc) is 2.88. The molecule has 2 unspecified atom stereocenters. The van der Waals surface area contributed by atoms with Crippen molar-refractivity contribution in [3.05, 3.63) is 16.6 Å². The van der Waals surface area contributed by atoms with Crippen LogP contribution < -0.4 is 5.32 Å². The van der Waals surface area contributed by atoms with Gasteiger partial charge in [-0.1, -0.05) is 19.8 Å². The molecule has 1 aromatic rings. The number of hydrogen-bond donors (Lipinski definition) is 1. The maximum atomic E-state index is 4.30. The van der Waals surface area contributed by atoms with Gasteiger partial charge in [0, 0.05) is 24.4 Å². The fourth-order valence-electron chi connectivity index (χ4n) is 2.54. The third kappa shape index (κ3) is 3.02. The third-order valence-corrected chi connectivity index (χ3v) is 4.09. The zero-order valence-corrected chi connectivity index (χ0v) is 10.2. The first kappa shape index (κ1) is 11.1. The second-order valence-electron chi connectivity index (χ2n) is 4.39. The second-order valence-corrected chi connectivity index (χ2v) is 5.11. The molecule has 0 spiro atoms. The summed E-state index contributed by atoms with van der Waals surface area (Å²) < 4.78 is 0. The lowest BCUT2D eigenvalue weighted by molar-refractivity contribution is 0.392. The molecule has 0 saturated heterocycles. The predicted molar refractivity (Wildman–Crippen MR) is 65.2 cm³/mol. The Hall–Kier alpha value is -0.410. The van der Waals surface area contributed by atoms with Crippen LogP contribution in [-0.2, 0) is 6.42 Å². The highest BCUT2D eigenvalue weighted by atomic mass is 32.1. The first-order chi connectivity index (χ1) is 7.40. The molecule has 15 heavy (non-hydrogen) atoms. The fraction of sp³-hybridized carbons (Fsp3) is 0.750. The number of nitrogens with one attached hydrogen (secondary N) is 1. The van der Waals surface area contributed by atoms with Crippen molar-refractivity contribution in [1.29, 1.82) is 0 Å². The van der Waals surface area contributed by atoms with Crippen molar-refractivity contribution in [2.45, 2.75) is 45.1 Å². The van der Waals surface area contributed by atoms with Crippen molar-refractivity contribution in [1.82, 2.24) is 10.3 Å². The number of hydrogen-bond acceptors (Lipinski definition) is 3. The van der Waals surface area contributed by atoms with Crippen LogP contribution in [0.2, 0.25) is 0 Å². The van der Waals surface area contributed by atoms with E-state index >= 15 is 0 Å². The minimum atomic E-state index is 0.772. The molecule has 1 aliphatic rings. The van der Waals surface area contributed by atoms with Crippen LogP contribution in [0.4, 0.5) is 0 Å². The van der Waals surface area contributed by atoms with Crippen molar-refractivity contribution in [3.63, 3.8) is 0 Å². The summed E-state index contributed by atoms with van der Waals surface area (Å²) in [6.07, 6.45) is 6.61. The first-order valence-corrected chi connectivity index (χ1v) is 6.95. The number of aromatic nitrogens is 1. The largest absolute Gasteiger partial charge is 0.313 e. The van der Waals surface area contributed by atoms with Gasteiger partial charge < -0.3 is 5.32 Å². The molecule has 2 rings (SSSR count). The summed E-state index contributed by atoms with van der Waals surface area (Å²) in [6.45, 7) is 3.40. The maximum absolute atomic E-state index is 4.30. The Morgan fingerprint density at radius 2 is 2.47 bits per heavy atom. The van der Waals surface area contributed by atoms with Gasteiger partial charge in [0.2, 0.25) is 0 Å². The number of rotatable bonds is 5. The molecular weight excluding hydrogens is 204 g/mol. The van der Waals surface area contributed by atoms with Gasteiger partial charge in [0.05, 0.1) is 11.2 Å².